The van der Waals surface area contributed by atoms with Crippen LogP contribution in [0.4, 0.5) is 10.8 Å². The fraction of sp³-hybridized carbons (Fsp3) is 0.550. The van der Waals surface area contributed by atoms with E-state index in [0.717, 1.165) is 17.5 Å². The van der Waals surface area contributed by atoms with E-state index in [1.54, 1.807) is 30.9 Å². The van der Waals surface area contributed by atoms with E-state index < -0.39 is 11.9 Å². The maximum atomic E-state index is 12.0. The van der Waals surface area contributed by atoms with Crippen LogP contribution < -0.4 is 15.2 Å². The number of hydrogen-bond acceptors (Lipinski definition) is 9. The summed E-state index contributed by atoms with van der Waals surface area (Å²) in [6.45, 7) is 7.84. The lowest BCUT2D eigenvalue weighted by atomic mass is 10.2. The van der Waals surface area contributed by atoms with Gasteiger partial charge in [0.05, 0.1) is 29.5 Å². The molecule has 1 aromatic heterocycles. The molecular formula is C20H29N4O5S+. The number of benzene rings is 1. The van der Waals surface area contributed by atoms with Gasteiger partial charge in [-0.2, -0.15) is 5.53 Å². The van der Waals surface area contributed by atoms with Crippen LogP contribution in [0, 0.1) is 0 Å². The summed E-state index contributed by atoms with van der Waals surface area (Å²) < 4.78 is 16.9. The van der Waals surface area contributed by atoms with Crippen molar-refractivity contribution in [3.05, 3.63) is 12.1 Å². The quantitative estimate of drug-likeness (QED) is 0.401. The average Bonchev–Trinajstić information content (AvgIpc) is 3.14. The van der Waals surface area contributed by atoms with Crippen LogP contribution in [0.5, 0.6) is 5.75 Å². The Balaban J connectivity index is 2.39. The number of rotatable bonds is 12. The molecule has 10 heteroatoms. The molecule has 0 aliphatic rings. The van der Waals surface area contributed by atoms with Gasteiger partial charge in [0.1, 0.15) is 13.1 Å². The second kappa shape index (κ2) is 11.4. The van der Waals surface area contributed by atoms with Gasteiger partial charge in [-0.25, -0.2) is 4.98 Å². The third-order valence-electron chi connectivity index (χ3n) is 4.32. The smallest absolute Gasteiger partial charge is 0.325 e. The number of thiazole rings is 1. The third-order valence-corrected chi connectivity index (χ3v) is 5.40. The molecule has 0 radical (unpaired) electrons. The number of hydrogen-bond donors (Lipinski definition) is 1. The average molecular weight is 438 g/mol. The molecule has 0 aliphatic heterocycles. The Morgan fingerprint density at radius 3 is 2.20 bits per heavy atom. The molecule has 0 amide bonds. The lowest BCUT2D eigenvalue weighted by molar-refractivity contribution is -0.210. The first kappa shape index (κ1) is 23.5. The SMILES string of the molecule is CCOC(=O)CN(CC(=O)OCC)c1nc2cc(OC(CC)CC)c(N=[NH2+])cc2s1. The molecule has 30 heavy (non-hydrogen) atoms. The van der Waals surface area contributed by atoms with E-state index in [1.165, 1.54) is 11.3 Å². The molecule has 0 atom stereocenters. The fourth-order valence-corrected chi connectivity index (χ4v) is 3.79. The van der Waals surface area contributed by atoms with E-state index in [4.69, 9.17) is 19.7 Å². The van der Waals surface area contributed by atoms with E-state index in [-0.39, 0.29) is 32.4 Å². The van der Waals surface area contributed by atoms with Crippen molar-refractivity contribution in [1.82, 2.24) is 4.98 Å². The maximum Gasteiger partial charge on any atom is 0.325 e. The first-order chi connectivity index (χ1) is 14.4. The molecule has 0 saturated heterocycles. The molecule has 0 spiro atoms. The van der Waals surface area contributed by atoms with Crippen molar-refractivity contribution < 1.29 is 29.3 Å². The minimum absolute atomic E-state index is 0.0465. The molecule has 0 aliphatic carbocycles. The Morgan fingerprint density at radius 1 is 1.10 bits per heavy atom. The minimum Gasteiger partial charge on any atom is -0.488 e. The number of carbonyl (C=O) groups is 2. The molecular weight excluding hydrogens is 408 g/mol. The van der Waals surface area contributed by atoms with Crippen LogP contribution in [0.15, 0.2) is 17.2 Å². The van der Waals surface area contributed by atoms with Crippen LogP contribution >= 0.6 is 11.3 Å². The Labute approximate surface area is 179 Å². The zero-order valence-electron chi connectivity index (χ0n) is 17.8. The highest BCUT2D eigenvalue weighted by Crippen LogP contribution is 2.38. The van der Waals surface area contributed by atoms with Crippen LogP contribution in [-0.4, -0.2) is 49.3 Å². The Bertz CT molecular complexity index is 861. The summed E-state index contributed by atoms with van der Waals surface area (Å²) in [5.41, 5.74) is 6.75. The zero-order valence-corrected chi connectivity index (χ0v) is 18.7. The number of fused-ring (bicyclic) bond motifs is 1. The summed E-state index contributed by atoms with van der Waals surface area (Å²) in [7, 11) is 0. The molecule has 2 N–H and O–H groups in total. The lowest BCUT2D eigenvalue weighted by Gasteiger charge is -2.19. The molecule has 0 unspecified atom stereocenters. The van der Waals surface area contributed by atoms with Gasteiger partial charge < -0.3 is 19.1 Å². The number of nitrogens with zero attached hydrogens (tertiary/aromatic N) is 3. The summed E-state index contributed by atoms with van der Waals surface area (Å²) >= 11 is 1.32. The second-order valence-electron chi connectivity index (χ2n) is 6.44. The number of aromatic nitrogens is 1. The summed E-state index contributed by atoms with van der Waals surface area (Å²) in [4.78, 5) is 30.2. The third kappa shape index (κ3) is 6.12. The Hall–Kier alpha value is -2.75. The van der Waals surface area contributed by atoms with Crippen LogP contribution in [0.2, 0.25) is 0 Å². The fourth-order valence-electron chi connectivity index (χ4n) is 2.81. The molecule has 164 valence electrons. The van der Waals surface area contributed by atoms with Gasteiger partial charge in [0, 0.05) is 6.07 Å². The summed E-state index contributed by atoms with van der Waals surface area (Å²) in [6.07, 6.45) is 1.76. The number of nitrogens with two attached hydrogens (primary N) is 1. The van der Waals surface area contributed by atoms with Crippen molar-refractivity contribution in [1.29, 1.82) is 0 Å². The zero-order chi connectivity index (χ0) is 22.1. The van der Waals surface area contributed by atoms with Gasteiger partial charge in [-0.1, -0.05) is 25.2 Å². The van der Waals surface area contributed by atoms with E-state index in [9.17, 15) is 9.59 Å². The lowest BCUT2D eigenvalue weighted by Crippen LogP contribution is -2.36. The largest absolute Gasteiger partial charge is 0.488 e. The standard InChI is InChI=1S/C20H28N4O5S/c1-5-13(6-2)29-16-9-15-17(10-14(16)23-21)30-20(22-15)24(11-18(25)27-7-3)12-19(26)28-8-4/h9-10,13,21H,5-8,11-12H2,1-4H3/p+1. The molecule has 0 saturated carbocycles. The van der Waals surface area contributed by atoms with Gasteiger partial charge in [-0.05, 0) is 37.9 Å². The van der Waals surface area contributed by atoms with Gasteiger partial charge in [0.15, 0.2) is 16.6 Å². The predicted octanol–water partition coefficient (Wildman–Crippen LogP) is 2.64. The van der Waals surface area contributed by atoms with Crippen molar-refractivity contribution >= 4 is 44.3 Å². The molecule has 9 nitrogen and oxygen atoms in total. The maximum absolute atomic E-state index is 12.0. The molecule has 1 heterocycles. The Morgan fingerprint density at radius 2 is 1.70 bits per heavy atom. The molecule has 1 aromatic carbocycles. The van der Waals surface area contributed by atoms with E-state index >= 15 is 0 Å². The highest BCUT2D eigenvalue weighted by Gasteiger charge is 2.22. The van der Waals surface area contributed by atoms with Gasteiger partial charge in [-0.3, -0.25) is 9.59 Å². The van der Waals surface area contributed by atoms with Crippen molar-refractivity contribution in [3.63, 3.8) is 0 Å². The minimum atomic E-state index is -0.448. The first-order valence-electron chi connectivity index (χ1n) is 10.0. The van der Waals surface area contributed by atoms with Crippen molar-refractivity contribution in [2.24, 2.45) is 5.11 Å². The van der Waals surface area contributed by atoms with Crippen LogP contribution in [0.3, 0.4) is 0 Å². The topological polar surface area (TPSA) is 116 Å². The van der Waals surface area contributed by atoms with E-state index in [1.807, 2.05) is 0 Å². The highest BCUT2D eigenvalue weighted by molar-refractivity contribution is 7.22. The van der Waals surface area contributed by atoms with Gasteiger partial charge in [-0.15, -0.1) is 0 Å². The number of anilines is 1. The second-order valence-corrected chi connectivity index (χ2v) is 7.44. The summed E-state index contributed by atoms with van der Waals surface area (Å²) in [5.74, 6) is -0.342. The number of carbonyl (C=O) groups excluding carboxylic acids is 2. The van der Waals surface area contributed by atoms with Crippen LogP contribution in [0.1, 0.15) is 40.5 Å². The summed E-state index contributed by atoms with van der Waals surface area (Å²) in [5, 5.41) is 4.33. The summed E-state index contributed by atoms with van der Waals surface area (Å²) in [6, 6.07) is 3.58. The van der Waals surface area contributed by atoms with E-state index in [2.05, 4.69) is 23.9 Å². The van der Waals surface area contributed by atoms with Crippen molar-refractivity contribution in [3.8, 4) is 5.75 Å². The normalized spacial score (nSPS) is 10.8. The molecule has 0 bridgehead atoms. The first-order valence-corrected chi connectivity index (χ1v) is 10.9. The van der Waals surface area contributed by atoms with Gasteiger partial charge in [0.2, 0.25) is 0 Å². The monoisotopic (exact) mass is 437 g/mol. The molecule has 2 aromatic rings. The Kier molecular flexibility index (Phi) is 8.97. The predicted molar refractivity (Wildman–Crippen MR) is 114 cm³/mol. The molecule has 2 rings (SSSR count). The van der Waals surface area contributed by atoms with Crippen LogP contribution in [-0.2, 0) is 19.1 Å². The number of ether oxygens (including phenoxy) is 3. The van der Waals surface area contributed by atoms with Gasteiger partial charge in [0.25, 0.3) is 0 Å². The van der Waals surface area contributed by atoms with Crippen LogP contribution in [0.25, 0.3) is 10.2 Å². The van der Waals surface area contributed by atoms with Crippen molar-refractivity contribution in [2.75, 3.05) is 31.2 Å². The van der Waals surface area contributed by atoms with Gasteiger partial charge >= 0.3 is 11.9 Å². The van der Waals surface area contributed by atoms with E-state index in [0.29, 0.717) is 22.1 Å². The number of esters is 2. The van der Waals surface area contributed by atoms with Crippen molar-refractivity contribution in [2.45, 2.75) is 46.6 Å². The molecule has 0 fully saturated rings. The highest BCUT2D eigenvalue weighted by atomic mass is 32.1.